The monoisotopic (exact) mass is 567 g/mol. The van der Waals surface area contributed by atoms with Gasteiger partial charge < -0.3 is 19.7 Å². The summed E-state index contributed by atoms with van der Waals surface area (Å²) in [5.74, 6) is 0.415. The molecule has 0 fully saturated rings. The second-order valence-corrected chi connectivity index (χ2v) is 11.0. The van der Waals surface area contributed by atoms with Gasteiger partial charge in [-0.15, -0.1) is 0 Å². The molecule has 2 amide bonds. The molecule has 0 aromatic heterocycles. The summed E-state index contributed by atoms with van der Waals surface area (Å²) in [6, 6.07) is 20.8. The molecule has 0 bridgehead atoms. The number of carbonyl (C=O) groups excluding carboxylic acids is 2. The third-order valence-electron chi connectivity index (χ3n) is 6.42. The first-order valence-corrected chi connectivity index (χ1v) is 14.6. The van der Waals surface area contributed by atoms with E-state index in [1.165, 1.54) is 24.1 Å². The van der Waals surface area contributed by atoms with Crippen molar-refractivity contribution in [2.45, 2.75) is 44.2 Å². The van der Waals surface area contributed by atoms with Gasteiger partial charge in [0.05, 0.1) is 24.8 Å². The fourth-order valence-corrected chi connectivity index (χ4v) is 5.65. The number of nitrogens with zero attached hydrogens (tertiary/aromatic N) is 2. The van der Waals surface area contributed by atoms with Crippen LogP contribution in [-0.2, 0) is 26.2 Å². The number of hydrogen-bond donors (Lipinski definition) is 1. The van der Waals surface area contributed by atoms with Crippen molar-refractivity contribution in [1.29, 1.82) is 0 Å². The van der Waals surface area contributed by atoms with Gasteiger partial charge in [-0.1, -0.05) is 44.2 Å². The Balaban J connectivity index is 2.03. The SMILES string of the molecule is CCCNC(=O)C(CC)N(Cc1ccc(OC)cc1)C(=O)CN(c1ccc(OC)cc1)S(=O)(=O)c1ccccc1. The van der Waals surface area contributed by atoms with Crippen LogP contribution in [0, 0.1) is 0 Å². The van der Waals surface area contributed by atoms with Crippen LogP contribution in [0.3, 0.4) is 0 Å². The van der Waals surface area contributed by atoms with Gasteiger partial charge >= 0.3 is 0 Å². The van der Waals surface area contributed by atoms with Gasteiger partial charge in [0.1, 0.15) is 24.1 Å². The lowest BCUT2D eigenvalue weighted by Crippen LogP contribution is -2.52. The lowest BCUT2D eigenvalue weighted by molar-refractivity contribution is -0.140. The molecular formula is C30H37N3O6S. The maximum absolute atomic E-state index is 14.0. The molecule has 3 rings (SSSR count). The fourth-order valence-electron chi connectivity index (χ4n) is 4.21. The first-order valence-electron chi connectivity index (χ1n) is 13.2. The Kier molecular flexibility index (Phi) is 11.0. The molecule has 1 N–H and O–H groups in total. The summed E-state index contributed by atoms with van der Waals surface area (Å²) < 4.78 is 39.2. The molecule has 9 nitrogen and oxygen atoms in total. The lowest BCUT2D eigenvalue weighted by atomic mass is 10.1. The molecule has 3 aromatic rings. The molecule has 0 spiro atoms. The Morgan fingerprint density at radius 3 is 1.95 bits per heavy atom. The predicted molar refractivity (Wildman–Crippen MR) is 155 cm³/mol. The van der Waals surface area contributed by atoms with Gasteiger partial charge in [-0.05, 0) is 66.9 Å². The van der Waals surface area contributed by atoms with Gasteiger partial charge in [-0.2, -0.15) is 0 Å². The Hall–Kier alpha value is -4.05. The largest absolute Gasteiger partial charge is 0.497 e. The number of methoxy groups -OCH3 is 2. The minimum absolute atomic E-state index is 0.0491. The molecule has 0 aliphatic rings. The molecule has 1 atom stereocenters. The molecule has 0 aliphatic carbocycles. The summed E-state index contributed by atoms with van der Waals surface area (Å²) in [7, 11) is -1.04. The summed E-state index contributed by atoms with van der Waals surface area (Å²) in [5, 5.41) is 2.88. The normalized spacial score (nSPS) is 11.8. The summed E-state index contributed by atoms with van der Waals surface area (Å²) >= 11 is 0. The van der Waals surface area contributed by atoms with Crippen molar-refractivity contribution in [2.75, 3.05) is 31.6 Å². The fraction of sp³-hybridized carbons (Fsp3) is 0.333. The van der Waals surface area contributed by atoms with Crippen LogP contribution in [0.1, 0.15) is 32.3 Å². The van der Waals surface area contributed by atoms with Crippen molar-refractivity contribution >= 4 is 27.5 Å². The summed E-state index contributed by atoms with van der Waals surface area (Å²) in [6.07, 6.45) is 1.10. The zero-order chi connectivity index (χ0) is 29.1. The number of benzene rings is 3. The van der Waals surface area contributed by atoms with Crippen molar-refractivity contribution in [3.8, 4) is 11.5 Å². The number of carbonyl (C=O) groups is 2. The summed E-state index contributed by atoms with van der Waals surface area (Å²) in [6.45, 7) is 3.86. The Morgan fingerprint density at radius 1 is 0.850 bits per heavy atom. The predicted octanol–water partition coefficient (Wildman–Crippen LogP) is 4.23. The molecule has 0 saturated carbocycles. The van der Waals surface area contributed by atoms with Crippen LogP contribution in [0.25, 0.3) is 0 Å². The van der Waals surface area contributed by atoms with Crippen LogP contribution >= 0.6 is 0 Å². The molecule has 3 aromatic carbocycles. The molecule has 0 heterocycles. The van der Waals surface area contributed by atoms with Crippen LogP contribution in [0.15, 0.2) is 83.8 Å². The van der Waals surface area contributed by atoms with Gasteiger partial charge in [0.15, 0.2) is 0 Å². The highest BCUT2D eigenvalue weighted by molar-refractivity contribution is 7.92. The van der Waals surface area contributed by atoms with Crippen LogP contribution in [0.2, 0.25) is 0 Å². The smallest absolute Gasteiger partial charge is 0.264 e. The molecule has 1 unspecified atom stereocenters. The standard InChI is InChI=1S/C30H37N3O6S/c1-5-20-31-30(35)28(6-2)32(21-23-12-16-25(38-3)17-13-23)29(34)22-33(24-14-18-26(39-4)19-15-24)40(36,37)27-10-8-7-9-11-27/h7-19,28H,5-6,20-22H2,1-4H3,(H,31,35). The van der Waals surface area contributed by atoms with Crippen molar-refractivity contribution in [2.24, 2.45) is 0 Å². The third-order valence-corrected chi connectivity index (χ3v) is 8.21. The van der Waals surface area contributed by atoms with Crippen LogP contribution in [-0.4, -0.2) is 58.5 Å². The highest BCUT2D eigenvalue weighted by Crippen LogP contribution is 2.27. The Labute approximate surface area is 236 Å². The zero-order valence-electron chi connectivity index (χ0n) is 23.4. The van der Waals surface area contributed by atoms with E-state index in [2.05, 4.69) is 5.32 Å². The number of anilines is 1. The van der Waals surface area contributed by atoms with Gasteiger partial charge in [-0.3, -0.25) is 13.9 Å². The van der Waals surface area contributed by atoms with E-state index in [0.717, 1.165) is 16.3 Å². The molecule has 0 radical (unpaired) electrons. The van der Waals surface area contributed by atoms with Crippen LogP contribution in [0.5, 0.6) is 11.5 Å². The third kappa shape index (κ3) is 7.53. The molecule has 0 aliphatic heterocycles. The van der Waals surface area contributed by atoms with E-state index >= 15 is 0 Å². The summed E-state index contributed by atoms with van der Waals surface area (Å²) in [5.41, 5.74) is 1.07. The number of sulfonamides is 1. The Bertz CT molecular complexity index is 1350. The Morgan fingerprint density at radius 2 is 1.43 bits per heavy atom. The summed E-state index contributed by atoms with van der Waals surface area (Å²) in [4.78, 5) is 28.7. The van der Waals surface area contributed by atoms with E-state index in [0.29, 0.717) is 30.2 Å². The van der Waals surface area contributed by atoms with E-state index in [1.807, 2.05) is 26.0 Å². The number of hydrogen-bond acceptors (Lipinski definition) is 6. The topological polar surface area (TPSA) is 105 Å². The van der Waals surface area contributed by atoms with E-state index < -0.39 is 28.5 Å². The van der Waals surface area contributed by atoms with Crippen LogP contribution < -0.4 is 19.1 Å². The minimum atomic E-state index is -4.12. The van der Waals surface area contributed by atoms with Crippen LogP contribution in [0.4, 0.5) is 5.69 Å². The number of ether oxygens (including phenoxy) is 2. The van der Waals surface area contributed by atoms with Crippen molar-refractivity contribution in [3.63, 3.8) is 0 Å². The maximum Gasteiger partial charge on any atom is 0.264 e. The number of nitrogens with one attached hydrogen (secondary N) is 1. The average Bonchev–Trinajstić information content (AvgIpc) is 2.99. The highest BCUT2D eigenvalue weighted by Gasteiger charge is 2.33. The zero-order valence-corrected chi connectivity index (χ0v) is 24.2. The first kappa shape index (κ1) is 30.5. The van der Waals surface area contributed by atoms with Crippen molar-refractivity contribution in [1.82, 2.24) is 10.2 Å². The molecule has 214 valence electrons. The quantitative estimate of drug-likeness (QED) is 0.313. The van der Waals surface area contributed by atoms with Gasteiger partial charge in [0.25, 0.3) is 10.0 Å². The van der Waals surface area contributed by atoms with Gasteiger partial charge in [0.2, 0.25) is 11.8 Å². The average molecular weight is 568 g/mol. The lowest BCUT2D eigenvalue weighted by Gasteiger charge is -2.33. The minimum Gasteiger partial charge on any atom is -0.497 e. The molecule has 40 heavy (non-hydrogen) atoms. The van der Waals surface area contributed by atoms with Crippen molar-refractivity contribution < 1.29 is 27.5 Å². The van der Waals surface area contributed by atoms with Gasteiger partial charge in [-0.25, -0.2) is 8.42 Å². The first-order chi connectivity index (χ1) is 19.2. The van der Waals surface area contributed by atoms with E-state index in [1.54, 1.807) is 61.7 Å². The van der Waals surface area contributed by atoms with E-state index in [-0.39, 0.29) is 17.3 Å². The van der Waals surface area contributed by atoms with Crippen molar-refractivity contribution in [3.05, 3.63) is 84.4 Å². The molecule has 10 heteroatoms. The van der Waals surface area contributed by atoms with Gasteiger partial charge in [0, 0.05) is 13.1 Å². The maximum atomic E-state index is 14.0. The highest BCUT2D eigenvalue weighted by atomic mass is 32.2. The second-order valence-electron chi connectivity index (χ2n) is 9.11. The van der Waals surface area contributed by atoms with E-state index in [9.17, 15) is 18.0 Å². The second kappa shape index (κ2) is 14.4. The number of amides is 2. The molecular weight excluding hydrogens is 530 g/mol. The van der Waals surface area contributed by atoms with E-state index in [4.69, 9.17) is 9.47 Å². The number of rotatable bonds is 14. The molecule has 0 saturated heterocycles.